The molecule has 0 saturated carbocycles. The van der Waals surface area contributed by atoms with E-state index in [1.165, 1.54) is 34.2 Å². The molecule has 9 heteroatoms. The molecule has 0 aromatic heterocycles. The highest BCUT2D eigenvalue weighted by Crippen LogP contribution is 2.41. The molecule has 134 valence electrons. The second-order valence-corrected chi connectivity index (χ2v) is 7.89. The molecule has 2 N–H and O–H groups in total. The second kappa shape index (κ2) is 8.26. The van der Waals surface area contributed by atoms with E-state index in [4.69, 9.17) is 28.3 Å². The number of hydrogen-bond acceptors (Lipinski definition) is 6. The third-order valence-electron chi connectivity index (χ3n) is 3.40. The summed E-state index contributed by atoms with van der Waals surface area (Å²) in [6.45, 7) is 0. The molecule has 5 nitrogen and oxygen atoms in total. The Morgan fingerprint density at radius 3 is 2.35 bits per heavy atom. The monoisotopic (exact) mass is 425 g/mol. The fraction of sp³-hybridized carbons (Fsp3) is 0.0588. The van der Waals surface area contributed by atoms with Gasteiger partial charge < -0.3 is 5.11 Å². The lowest BCUT2D eigenvalue weighted by atomic mass is 10.3. The van der Waals surface area contributed by atoms with Gasteiger partial charge in [-0.1, -0.05) is 35.0 Å². The number of carboxylic acids is 1. The number of carbonyl (C=O) groups is 1. The van der Waals surface area contributed by atoms with Gasteiger partial charge in [0, 0.05) is 14.7 Å². The van der Waals surface area contributed by atoms with Crippen molar-refractivity contribution in [3.63, 3.8) is 0 Å². The number of hydrogen-bond donors (Lipinski definition) is 2. The molecule has 0 spiro atoms. The standard InChI is InChI=1S/C17H13Cl2N3O2S2/c1-25-11-2-4-12(5-3-11)26-16-13(18)6-10(7-14(16)19)22-9-20-8-15(21-22)17(23)24/h2-9,21H,1H3,(H,23,24). The largest absolute Gasteiger partial charge is 0.476 e. The molecule has 3 rings (SSSR count). The summed E-state index contributed by atoms with van der Waals surface area (Å²) in [5.74, 6) is -1.11. The number of halogens is 2. The Labute approximate surface area is 169 Å². The smallest absolute Gasteiger partial charge is 0.355 e. The highest BCUT2D eigenvalue weighted by molar-refractivity contribution is 7.99. The summed E-state index contributed by atoms with van der Waals surface area (Å²) in [4.78, 5) is 17.9. The molecule has 0 atom stereocenters. The Morgan fingerprint density at radius 1 is 1.15 bits per heavy atom. The van der Waals surface area contributed by atoms with Crippen LogP contribution in [0.15, 0.2) is 68.0 Å². The summed E-state index contributed by atoms with van der Waals surface area (Å²) < 4.78 is 0. The van der Waals surface area contributed by atoms with Crippen LogP contribution in [0.25, 0.3) is 0 Å². The van der Waals surface area contributed by atoms with E-state index in [9.17, 15) is 4.79 Å². The second-order valence-electron chi connectivity index (χ2n) is 5.11. The summed E-state index contributed by atoms with van der Waals surface area (Å²) in [7, 11) is 0. The van der Waals surface area contributed by atoms with E-state index in [0.29, 0.717) is 15.7 Å². The molecule has 0 aliphatic carbocycles. The lowest BCUT2D eigenvalue weighted by Gasteiger charge is -2.24. The maximum Gasteiger partial charge on any atom is 0.355 e. The molecule has 0 amide bonds. The average molecular weight is 426 g/mol. The van der Waals surface area contributed by atoms with Gasteiger partial charge in [0.25, 0.3) is 0 Å². The molecule has 0 saturated heterocycles. The number of rotatable bonds is 5. The van der Waals surface area contributed by atoms with Crippen LogP contribution in [0.1, 0.15) is 0 Å². The van der Waals surface area contributed by atoms with E-state index in [1.54, 1.807) is 23.9 Å². The number of nitrogens with zero attached hydrogens (tertiary/aromatic N) is 2. The zero-order valence-corrected chi connectivity index (χ0v) is 16.6. The van der Waals surface area contributed by atoms with Gasteiger partial charge in [-0.15, -0.1) is 11.8 Å². The number of carboxylic acid groups (broad SMARTS) is 1. The van der Waals surface area contributed by atoms with E-state index in [2.05, 4.69) is 10.4 Å². The number of nitrogens with one attached hydrogen (secondary N) is 1. The minimum absolute atomic E-state index is 0.0490. The van der Waals surface area contributed by atoms with Crippen molar-refractivity contribution in [2.45, 2.75) is 14.7 Å². The summed E-state index contributed by atoms with van der Waals surface area (Å²) in [5.41, 5.74) is 3.26. The molecule has 1 heterocycles. The highest BCUT2D eigenvalue weighted by atomic mass is 35.5. The van der Waals surface area contributed by atoms with Crippen molar-refractivity contribution in [2.75, 3.05) is 11.3 Å². The SMILES string of the molecule is CSc1ccc(Sc2c(Cl)cc(N3C=NC=C(C(=O)O)N3)cc2Cl)cc1. The van der Waals surface area contributed by atoms with Gasteiger partial charge in [-0.05, 0) is 42.7 Å². The fourth-order valence-corrected chi connectivity index (χ4v) is 4.08. The van der Waals surface area contributed by atoms with Crippen LogP contribution in [0.3, 0.4) is 0 Å². The highest BCUT2D eigenvalue weighted by Gasteiger charge is 2.18. The van der Waals surface area contributed by atoms with Gasteiger partial charge in [0.1, 0.15) is 6.34 Å². The molecule has 26 heavy (non-hydrogen) atoms. The number of thioether (sulfide) groups is 1. The lowest BCUT2D eigenvalue weighted by molar-refractivity contribution is -0.133. The molecule has 2 aromatic carbocycles. The summed E-state index contributed by atoms with van der Waals surface area (Å²) in [6.07, 6.45) is 4.70. The molecule has 1 aliphatic heterocycles. The molecule has 1 aliphatic rings. The van der Waals surface area contributed by atoms with Crippen LogP contribution in [0.5, 0.6) is 0 Å². The van der Waals surface area contributed by atoms with Crippen LogP contribution in [0.2, 0.25) is 10.0 Å². The molecule has 0 radical (unpaired) electrons. The molecular weight excluding hydrogens is 413 g/mol. The summed E-state index contributed by atoms with van der Waals surface area (Å²) in [5, 5.41) is 11.4. The van der Waals surface area contributed by atoms with Crippen molar-refractivity contribution in [1.29, 1.82) is 0 Å². The van der Waals surface area contributed by atoms with E-state index in [0.717, 1.165) is 9.79 Å². The first-order chi connectivity index (χ1) is 12.5. The van der Waals surface area contributed by atoms with Crippen molar-refractivity contribution in [3.8, 4) is 0 Å². The fourth-order valence-electron chi connectivity index (χ4n) is 2.14. The van der Waals surface area contributed by atoms with Crippen LogP contribution in [0.4, 0.5) is 5.69 Å². The molecule has 0 unspecified atom stereocenters. The predicted octanol–water partition coefficient (Wildman–Crippen LogP) is 5.15. The minimum atomic E-state index is -1.11. The van der Waals surface area contributed by atoms with Crippen molar-refractivity contribution >= 4 is 64.7 Å². The lowest BCUT2D eigenvalue weighted by Crippen LogP contribution is -2.40. The van der Waals surface area contributed by atoms with Crippen molar-refractivity contribution in [3.05, 3.63) is 58.3 Å². The van der Waals surface area contributed by atoms with Crippen LogP contribution in [0, 0.1) is 0 Å². The molecule has 0 bridgehead atoms. The summed E-state index contributed by atoms with van der Waals surface area (Å²) >= 11 is 16.0. The van der Waals surface area contributed by atoms with E-state index in [-0.39, 0.29) is 5.70 Å². The number of benzene rings is 2. The quantitative estimate of drug-likeness (QED) is 0.645. The maximum absolute atomic E-state index is 11.1. The Kier molecular flexibility index (Phi) is 6.03. The maximum atomic E-state index is 11.1. The molecular formula is C17H13Cl2N3O2S2. The number of aliphatic imine (C=N–C) groups is 1. The van der Waals surface area contributed by atoms with Gasteiger partial charge in [0.15, 0.2) is 5.70 Å². The third-order valence-corrected chi connectivity index (χ3v) is 6.11. The van der Waals surface area contributed by atoms with E-state index < -0.39 is 5.97 Å². The van der Waals surface area contributed by atoms with Crippen LogP contribution < -0.4 is 10.4 Å². The van der Waals surface area contributed by atoms with Gasteiger partial charge in [0.05, 0.1) is 21.9 Å². The average Bonchev–Trinajstić information content (AvgIpc) is 2.65. The van der Waals surface area contributed by atoms with Crippen LogP contribution >= 0.6 is 46.7 Å². The zero-order chi connectivity index (χ0) is 18.7. The Morgan fingerprint density at radius 2 is 1.77 bits per heavy atom. The van der Waals surface area contributed by atoms with Crippen LogP contribution in [-0.2, 0) is 4.79 Å². The number of aliphatic carboxylic acids is 1. The van der Waals surface area contributed by atoms with Gasteiger partial charge in [-0.3, -0.25) is 5.43 Å². The van der Waals surface area contributed by atoms with Crippen molar-refractivity contribution < 1.29 is 9.90 Å². The normalized spacial score (nSPS) is 13.3. The van der Waals surface area contributed by atoms with E-state index >= 15 is 0 Å². The molecule has 0 fully saturated rings. The predicted molar refractivity (Wildman–Crippen MR) is 109 cm³/mol. The van der Waals surface area contributed by atoms with Gasteiger partial charge in [-0.25, -0.2) is 14.8 Å². The first-order valence-corrected chi connectivity index (χ1v) is 10.1. The van der Waals surface area contributed by atoms with E-state index in [1.807, 2.05) is 30.5 Å². The first-order valence-electron chi connectivity index (χ1n) is 7.31. The Balaban J connectivity index is 1.83. The first kappa shape index (κ1) is 19.0. The third kappa shape index (κ3) is 4.29. The Bertz CT molecular complexity index is 878. The van der Waals surface area contributed by atoms with Crippen molar-refractivity contribution in [2.24, 2.45) is 4.99 Å². The zero-order valence-electron chi connectivity index (χ0n) is 13.4. The van der Waals surface area contributed by atoms with Gasteiger partial charge in [-0.2, -0.15) is 0 Å². The number of hydrazine groups is 1. The Hall–Kier alpha value is -1.80. The van der Waals surface area contributed by atoms with Gasteiger partial charge in [0.2, 0.25) is 0 Å². The number of anilines is 1. The van der Waals surface area contributed by atoms with Gasteiger partial charge >= 0.3 is 5.97 Å². The molecule has 2 aromatic rings. The topological polar surface area (TPSA) is 64.9 Å². The minimum Gasteiger partial charge on any atom is -0.476 e. The van der Waals surface area contributed by atoms with Crippen molar-refractivity contribution in [1.82, 2.24) is 5.43 Å². The summed E-state index contributed by atoms with van der Waals surface area (Å²) in [6, 6.07) is 11.5. The van der Waals surface area contributed by atoms with Crippen LogP contribution in [-0.4, -0.2) is 23.7 Å².